The van der Waals surface area contributed by atoms with Gasteiger partial charge in [0.2, 0.25) is 11.8 Å². The van der Waals surface area contributed by atoms with Crippen molar-refractivity contribution < 1.29 is 27.5 Å². The number of likely N-dealkylation sites (tertiary alicyclic amines) is 1. The zero-order valence-electron chi connectivity index (χ0n) is 17.0. The molecule has 3 aliphatic rings. The van der Waals surface area contributed by atoms with Gasteiger partial charge < -0.3 is 14.5 Å². The number of hydrogen-bond acceptors (Lipinski definition) is 3. The van der Waals surface area contributed by atoms with Gasteiger partial charge in [0, 0.05) is 25.3 Å². The van der Waals surface area contributed by atoms with Crippen LogP contribution in [0.2, 0.25) is 0 Å². The lowest BCUT2D eigenvalue weighted by atomic mass is 9.77. The Bertz CT molecular complexity index is 883. The molecule has 1 aliphatic carbocycles. The van der Waals surface area contributed by atoms with Crippen molar-refractivity contribution in [1.29, 1.82) is 0 Å². The smallest absolute Gasteiger partial charge is 0.422 e. The van der Waals surface area contributed by atoms with Crippen LogP contribution < -0.4 is 9.64 Å². The molecule has 2 amide bonds. The highest BCUT2D eigenvalue weighted by Crippen LogP contribution is 2.64. The van der Waals surface area contributed by atoms with E-state index in [0.717, 1.165) is 0 Å². The van der Waals surface area contributed by atoms with E-state index in [2.05, 4.69) is 0 Å². The molecule has 4 rings (SSSR count). The molecular formula is C21H23Cl2F3N2O3. The second kappa shape index (κ2) is 7.44. The molecule has 1 aromatic carbocycles. The van der Waals surface area contributed by atoms with E-state index in [9.17, 15) is 22.8 Å². The van der Waals surface area contributed by atoms with Gasteiger partial charge in [-0.2, -0.15) is 13.2 Å². The monoisotopic (exact) mass is 478 g/mol. The minimum absolute atomic E-state index is 0.00905. The predicted molar refractivity (Wildman–Crippen MR) is 110 cm³/mol. The minimum atomic E-state index is -4.40. The van der Waals surface area contributed by atoms with Crippen LogP contribution in [0.1, 0.15) is 32.6 Å². The highest BCUT2D eigenvalue weighted by atomic mass is 35.5. The molecule has 0 bridgehead atoms. The maximum atomic E-state index is 13.2. The summed E-state index contributed by atoms with van der Waals surface area (Å²) >= 11 is 12.3. The summed E-state index contributed by atoms with van der Waals surface area (Å²) < 4.78 is 40.6. The number of carbonyl (C=O) groups is 2. The lowest BCUT2D eigenvalue weighted by Crippen LogP contribution is -2.49. The first kappa shape index (κ1) is 22.5. The standard InChI is InChI=1S/C21H23Cl2F3N2O3/c1-18(12-20(18,22)23)16(29)27-9-6-19(7-10-27)8-11-28(17(19)30)14-2-4-15(5-3-14)31-13-21(24,25)26/h2-5H,6-13H2,1H3. The van der Waals surface area contributed by atoms with Gasteiger partial charge in [0.05, 0.1) is 10.8 Å². The summed E-state index contributed by atoms with van der Waals surface area (Å²) in [6.07, 6.45) is -2.17. The Labute approximate surface area is 188 Å². The van der Waals surface area contributed by atoms with E-state index in [1.165, 1.54) is 12.1 Å². The van der Waals surface area contributed by atoms with E-state index in [4.69, 9.17) is 27.9 Å². The fraction of sp³-hybridized carbons (Fsp3) is 0.619. The van der Waals surface area contributed by atoms with Gasteiger partial charge in [-0.3, -0.25) is 9.59 Å². The van der Waals surface area contributed by atoms with Crippen LogP contribution in [0.15, 0.2) is 24.3 Å². The van der Waals surface area contributed by atoms with E-state index in [-0.39, 0.29) is 17.6 Å². The van der Waals surface area contributed by atoms with Gasteiger partial charge in [0.25, 0.3) is 0 Å². The molecule has 2 aliphatic heterocycles. The Morgan fingerprint density at radius 1 is 1.10 bits per heavy atom. The fourth-order valence-corrected chi connectivity index (χ4v) is 5.23. The SMILES string of the molecule is CC1(C(=O)N2CCC3(CC2)CCN(c2ccc(OCC(F)(F)F)cc2)C3=O)CC1(Cl)Cl. The third kappa shape index (κ3) is 4.09. The van der Waals surface area contributed by atoms with Gasteiger partial charge in [0.1, 0.15) is 10.1 Å². The first-order valence-corrected chi connectivity index (χ1v) is 10.9. The molecule has 2 saturated heterocycles. The van der Waals surface area contributed by atoms with Crippen molar-refractivity contribution >= 4 is 40.7 Å². The summed E-state index contributed by atoms with van der Waals surface area (Å²) in [5.41, 5.74) is -0.659. The van der Waals surface area contributed by atoms with Gasteiger partial charge in [-0.05, 0) is 56.9 Å². The Hall–Kier alpha value is -1.67. The summed E-state index contributed by atoms with van der Waals surface area (Å²) in [5.74, 6) is 0.0202. The number of ether oxygens (including phenoxy) is 1. The lowest BCUT2D eigenvalue weighted by Gasteiger charge is -2.39. The molecule has 1 spiro atoms. The maximum Gasteiger partial charge on any atom is 0.422 e. The predicted octanol–water partition coefficient (Wildman–Crippen LogP) is 4.56. The Morgan fingerprint density at radius 3 is 2.16 bits per heavy atom. The van der Waals surface area contributed by atoms with Crippen molar-refractivity contribution in [2.24, 2.45) is 10.8 Å². The van der Waals surface area contributed by atoms with E-state index in [1.807, 2.05) is 0 Å². The summed E-state index contributed by atoms with van der Waals surface area (Å²) in [7, 11) is 0. The molecule has 3 fully saturated rings. The molecule has 10 heteroatoms. The van der Waals surface area contributed by atoms with E-state index in [0.29, 0.717) is 51.0 Å². The molecule has 1 saturated carbocycles. The number of rotatable bonds is 4. The fourth-order valence-electron chi connectivity index (χ4n) is 4.54. The van der Waals surface area contributed by atoms with Crippen LogP contribution in [0.5, 0.6) is 5.75 Å². The number of alkyl halides is 5. The van der Waals surface area contributed by atoms with E-state index < -0.39 is 27.9 Å². The molecule has 1 aromatic rings. The second-order valence-electron chi connectivity index (χ2n) is 8.89. The molecule has 0 N–H and O–H groups in total. The van der Waals surface area contributed by atoms with Crippen LogP contribution in [0, 0.1) is 10.8 Å². The van der Waals surface area contributed by atoms with Gasteiger partial charge >= 0.3 is 6.18 Å². The average Bonchev–Trinajstić information content (AvgIpc) is 3.09. The summed E-state index contributed by atoms with van der Waals surface area (Å²) in [5, 5.41) is 0. The van der Waals surface area contributed by atoms with Crippen molar-refractivity contribution in [3.05, 3.63) is 24.3 Å². The second-order valence-corrected chi connectivity index (χ2v) is 10.4. The van der Waals surface area contributed by atoms with Crippen molar-refractivity contribution in [3.8, 4) is 5.75 Å². The molecule has 0 aromatic heterocycles. The largest absolute Gasteiger partial charge is 0.484 e. The van der Waals surface area contributed by atoms with Crippen molar-refractivity contribution in [1.82, 2.24) is 4.90 Å². The number of halogens is 5. The summed E-state index contributed by atoms with van der Waals surface area (Å²) in [4.78, 5) is 29.4. The molecule has 1 atom stereocenters. The van der Waals surface area contributed by atoms with E-state index >= 15 is 0 Å². The van der Waals surface area contributed by atoms with Gasteiger partial charge in [-0.25, -0.2) is 0 Å². The van der Waals surface area contributed by atoms with Crippen LogP contribution in [-0.4, -0.2) is 53.5 Å². The number of carbonyl (C=O) groups excluding carboxylic acids is 2. The number of amides is 2. The Balaban J connectivity index is 1.37. The summed E-state index contributed by atoms with van der Waals surface area (Å²) in [6.45, 7) is 1.88. The zero-order chi connectivity index (χ0) is 22.7. The summed E-state index contributed by atoms with van der Waals surface area (Å²) in [6, 6.07) is 6.05. The van der Waals surface area contributed by atoms with E-state index in [1.54, 1.807) is 28.9 Å². The van der Waals surface area contributed by atoms with Gasteiger partial charge in [-0.15, -0.1) is 23.2 Å². The highest BCUT2D eigenvalue weighted by molar-refractivity contribution is 6.53. The molecule has 1 unspecified atom stereocenters. The molecule has 31 heavy (non-hydrogen) atoms. The number of hydrogen-bond donors (Lipinski definition) is 0. The quantitative estimate of drug-likeness (QED) is 0.596. The van der Waals surface area contributed by atoms with Crippen molar-refractivity contribution in [2.75, 3.05) is 31.1 Å². The lowest BCUT2D eigenvalue weighted by molar-refractivity contribution is -0.153. The average molecular weight is 479 g/mol. The van der Waals surface area contributed by atoms with Crippen molar-refractivity contribution in [3.63, 3.8) is 0 Å². The van der Waals surface area contributed by atoms with Gasteiger partial charge in [0.15, 0.2) is 6.61 Å². The molecular weight excluding hydrogens is 456 g/mol. The van der Waals surface area contributed by atoms with Crippen LogP contribution >= 0.6 is 23.2 Å². The number of nitrogens with zero attached hydrogens (tertiary/aromatic N) is 2. The van der Waals surface area contributed by atoms with Crippen LogP contribution in [0.3, 0.4) is 0 Å². The first-order valence-electron chi connectivity index (χ1n) is 10.2. The third-order valence-electron chi connectivity index (χ3n) is 6.80. The first-order chi connectivity index (χ1) is 14.4. The minimum Gasteiger partial charge on any atom is -0.484 e. The van der Waals surface area contributed by atoms with Crippen LogP contribution in [0.25, 0.3) is 0 Å². The topological polar surface area (TPSA) is 49.9 Å². The van der Waals surface area contributed by atoms with Crippen LogP contribution in [-0.2, 0) is 9.59 Å². The molecule has 5 nitrogen and oxygen atoms in total. The van der Waals surface area contributed by atoms with Gasteiger partial charge in [-0.1, -0.05) is 0 Å². The number of piperidine rings is 1. The van der Waals surface area contributed by atoms with Crippen molar-refractivity contribution in [2.45, 2.75) is 43.1 Å². The number of anilines is 1. The molecule has 2 heterocycles. The normalized spacial score (nSPS) is 27.0. The molecule has 0 radical (unpaired) electrons. The third-order valence-corrected chi connectivity index (χ3v) is 7.90. The van der Waals surface area contributed by atoms with Crippen LogP contribution in [0.4, 0.5) is 18.9 Å². The maximum absolute atomic E-state index is 13.2. The molecule has 170 valence electrons. The highest BCUT2D eigenvalue weighted by Gasteiger charge is 2.69. The zero-order valence-corrected chi connectivity index (χ0v) is 18.5. The Kier molecular flexibility index (Phi) is 5.41. The number of benzene rings is 1. The Morgan fingerprint density at radius 2 is 1.65 bits per heavy atom.